The number of benzene rings is 2. The molecule has 0 aliphatic heterocycles. The van der Waals surface area contributed by atoms with Gasteiger partial charge in [0.1, 0.15) is 11.6 Å². The topological polar surface area (TPSA) is 46.2 Å². The molecule has 20 heavy (non-hydrogen) atoms. The van der Waals surface area contributed by atoms with Gasteiger partial charge in [0.25, 0.3) is 0 Å². The highest BCUT2D eigenvalue weighted by molar-refractivity contribution is 7.92. The van der Waals surface area contributed by atoms with Crippen LogP contribution in [0.2, 0.25) is 5.02 Å². The summed E-state index contributed by atoms with van der Waals surface area (Å²) in [6.07, 6.45) is 1.01. The van der Waals surface area contributed by atoms with Gasteiger partial charge in [0.05, 0.1) is 11.3 Å². The Hall–Kier alpha value is -1.66. The minimum atomic E-state index is -3.41. The van der Waals surface area contributed by atoms with Crippen molar-refractivity contribution in [1.82, 2.24) is 0 Å². The highest BCUT2D eigenvalue weighted by Gasteiger charge is 2.09. The van der Waals surface area contributed by atoms with Crippen LogP contribution >= 0.6 is 11.6 Å². The Morgan fingerprint density at radius 3 is 2.15 bits per heavy atom. The van der Waals surface area contributed by atoms with Gasteiger partial charge in [-0.05, 0) is 29.8 Å². The summed E-state index contributed by atoms with van der Waals surface area (Å²) in [4.78, 5) is 0. The van der Waals surface area contributed by atoms with Crippen LogP contribution in [-0.4, -0.2) is 14.7 Å². The van der Waals surface area contributed by atoms with Crippen molar-refractivity contribution in [2.75, 3.05) is 11.0 Å². The normalized spacial score (nSPS) is 11.4. The van der Waals surface area contributed by atoms with E-state index in [1.54, 1.807) is 0 Å². The predicted octanol–water partition coefficient (Wildman–Crippen LogP) is 3.66. The van der Waals surface area contributed by atoms with Crippen LogP contribution in [0.3, 0.4) is 0 Å². The van der Waals surface area contributed by atoms with Crippen molar-refractivity contribution >= 4 is 27.3 Å². The van der Waals surface area contributed by atoms with Crippen molar-refractivity contribution in [3.63, 3.8) is 0 Å². The number of rotatable bonds is 3. The molecule has 0 saturated carbocycles. The Kier molecular flexibility index (Phi) is 3.96. The molecule has 0 bridgehead atoms. The standard InChI is InChI=1S/C13H10ClF2NO2S/c1-20(18,19)17-11-2-3-12(13(14)7-11)8-4-9(15)6-10(16)5-8/h2-7,17H,1H3. The van der Waals surface area contributed by atoms with Gasteiger partial charge in [0.15, 0.2) is 0 Å². The van der Waals surface area contributed by atoms with Crippen LogP contribution in [0.15, 0.2) is 36.4 Å². The van der Waals surface area contributed by atoms with Crippen LogP contribution in [0.5, 0.6) is 0 Å². The van der Waals surface area contributed by atoms with Gasteiger partial charge >= 0.3 is 0 Å². The third-order valence-electron chi connectivity index (χ3n) is 2.45. The summed E-state index contributed by atoms with van der Waals surface area (Å²) in [5.41, 5.74) is 0.959. The van der Waals surface area contributed by atoms with Crippen LogP contribution in [-0.2, 0) is 10.0 Å². The Balaban J connectivity index is 2.44. The van der Waals surface area contributed by atoms with Crippen molar-refractivity contribution in [3.8, 4) is 11.1 Å². The third kappa shape index (κ3) is 3.68. The number of nitrogens with one attached hydrogen (secondary N) is 1. The fourth-order valence-electron chi connectivity index (χ4n) is 1.74. The van der Waals surface area contributed by atoms with Crippen LogP contribution < -0.4 is 4.72 Å². The van der Waals surface area contributed by atoms with E-state index in [2.05, 4.69) is 4.72 Å². The van der Waals surface area contributed by atoms with Crippen molar-refractivity contribution in [2.45, 2.75) is 0 Å². The fraction of sp³-hybridized carbons (Fsp3) is 0.0769. The maximum Gasteiger partial charge on any atom is 0.229 e. The number of sulfonamides is 1. The molecule has 2 aromatic carbocycles. The minimum Gasteiger partial charge on any atom is -0.284 e. The van der Waals surface area contributed by atoms with Gasteiger partial charge in [0.2, 0.25) is 10.0 Å². The minimum absolute atomic E-state index is 0.184. The van der Waals surface area contributed by atoms with Gasteiger partial charge in [-0.15, -0.1) is 0 Å². The van der Waals surface area contributed by atoms with Crippen molar-refractivity contribution in [3.05, 3.63) is 53.1 Å². The zero-order valence-electron chi connectivity index (χ0n) is 10.3. The van der Waals surface area contributed by atoms with E-state index in [0.717, 1.165) is 24.5 Å². The molecule has 0 aromatic heterocycles. The van der Waals surface area contributed by atoms with Crippen molar-refractivity contribution in [2.24, 2.45) is 0 Å². The summed E-state index contributed by atoms with van der Waals surface area (Å²) in [5.74, 6) is -1.43. The molecular formula is C13H10ClF2NO2S. The van der Waals surface area contributed by atoms with Crippen LogP contribution in [0.4, 0.5) is 14.5 Å². The smallest absolute Gasteiger partial charge is 0.229 e. The second kappa shape index (κ2) is 5.38. The molecule has 0 aliphatic carbocycles. The van der Waals surface area contributed by atoms with Crippen LogP contribution in [0.1, 0.15) is 0 Å². The average Bonchev–Trinajstić information content (AvgIpc) is 2.25. The first-order valence-electron chi connectivity index (χ1n) is 5.48. The van der Waals surface area contributed by atoms with E-state index in [4.69, 9.17) is 11.6 Å². The summed E-state index contributed by atoms with van der Waals surface area (Å²) in [7, 11) is -3.41. The maximum atomic E-state index is 13.2. The van der Waals surface area contributed by atoms with Crippen LogP contribution in [0, 0.1) is 11.6 Å². The Morgan fingerprint density at radius 2 is 1.65 bits per heavy atom. The highest BCUT2D eigenvalue weighted by Crippen LogP contribution is 2.31. The van der Waals surface area contributed by atoms with Gasteiger partial charge in [0, 0.05) is 17.3 Å². The monoisotopic (exact) mass is 317 g/mol. The highest BCUT2D eigenvalue weighted by atomic mass is 35.5. The van der Waals surface area contributed by atoms with E-state index in [-0.39, 0.29) is 16.3 Å². The molecule has 0 radical (unpaired) electrons. The van der Waals surface area contributed by atoms with E-state index in [0.29, 0.717) is 5.56 Å². The largest absolute Gasteiger partial charge is 0.284 e. The van der Waals surface area contributed by atoms with Gasteiger partial charge in [-0.2, -0.15) is 0 Å². The van der Waals surface area contributed by atoms with Gasteiger partial charge < -0.3 is 0 Å². The summed E-state index contributed by atoms with van der Waals surface area (Å²) < 4.78 is 50.8. The molecule has 3 nitrogen and oxygen atoms in total. The van der Waals surface area contributed by atoms with E-state index < -0.39 is 21.7 Å². The quantitative estimate of drug-likeness (QED) is 0.939. The molecular weight excluding hydrogens is 308 g/mol. The van der Waals surface area contributed by atoms with Crippen molar-refractivity contribution in [1.29, 1.82) is 0 Å². The third-order valence-corrected chi connectivity index (χ3v) is 3.37. The van der Waals surface area contributed by atoms with Crippen LogP contribution in [0.25, 0.3) is 11.1 Å². The van der Waals surface area contributed by atoms with E-state index in [1.807, 2.05) is 0 Å². The number of hydrogen-bond donors (Lipinski definition) is 1. The predicted molar refractivity (Wildman–Crippen MR) is 75.3 cm³/mol. The van der Waals surface area contributed by atoms with Gasteiger partial charge in [-0.25, -0.2) is 17.2 Å². The van der Waals surface area contributed by atoms with Gasteiger partial charge in [-0.3, -0.25) is 4.72 Å². The summed E-state index contributed by atoms with van der Waals surface area (Å²) >= 11 is 6.02. The first-order chi connectivity index (χ1) is 9.24. The Morgan fingerprint density at radius 1 is 1.05 bits per heavy atom. The second-order valence-corrected chi connectivity index (χ2v) is 6.38. The lowest BCUT2D eigenvalue weighted by atomic mass is 10.0. The lowest BCUT2D eigenvalue weighted by Crippen LogP contribution is -2.09. The first-order valence-corrected chi connectivity index (χ1v) is 7.75. The fourth-order valence-corrected chi connectivity index (χ4v) is 2.58. The molecule has 0 spiro atoms. The molecule has 0 amide bonds. The number of halogens is 3. The maximum absolute atomic E-state index is 13.2. The second-order valence-electron chi connectivity index (χ2n) is 4.23. The zero-order chi connectivity index (χ0) is 14.9. The molecule has 7 heteroatoms. The average molecular weight is 318 g/mol. The van der Waals surface area contributed by atoms with E-state index in [9.17, 15) is 17.2 Å². The Bertz CT molecular complexity index is 743. The molecule has 106 valence electrons. The summed E-state index contributed by atoms with van der Waals surface area (Å²) in [6.45, 7) is 0. The lowest BCUT2D eigenvalue weighted by Gasteiger charge is -2.09. The molecule has 0 fully saturated rings. The lowest BCUT2D eigenvalue weighted by molar-refractivity contribution is 0.584. The van der Waals surface area contributed by atoms with Crippen molar-refractivity contribution < 1.29 is 17.2 Å². The molecule has 0 aliphatic rings. The molecule has 2 aromatic rings. The zero-order valence-corrected chi connectivity index (χ0v) is 11.9. The van der Waals surface area contributed by atoms with E-state index in [1.165, 1.54) is 18.2 Å². The number of hydrogen-bond acceptors (Lipinski definition) is 2. The molecule has 2 rings (SSSR count). The summed E-state index contributed by atoms with van der Waals surface area (Å²) in [6, 6.07) is 7.38. The Labute approximate surface area is 120 Å². The van der Waals surface area contributed by atoms with Gasteiger partial charge in [-0.1, -0.05) is 17.7 Å². The molecule has 0 unspecified atom stereocenters. The SMILES string of the molecule is CS(=O)(=O)Nc1ccc(-c2cc(F)cc(F)c2)c(Cl)c1. The molecule has 0 saturated heterocycles. The molecule has 0 heterocycles. The number of anilines is 1. The molecule has 0 atom stereocenters. The first kappa shape index (κ1) is 14.7. The summed E-state index contributed by atoms with van der Waals surface area (Å²) in [5, 5.41) is 0.184. The molecule has 1 N–H and O–H groups in total. The van der Waals surface area contributed by atoms with E-state index >= 15 is 0 Å².